The normalized spacial score (nSPS) is 33.5. The predicted molar refractivity (Wildman–Crippen MR) is 262 cm³/mol. The van der Waals surface area contributed by atoms with Gasteiger partial charge >= 0.3 is 84.7 Å². The number of nitrogens with one attached hydrogen (secondary N) is 2. The fourth-order valence-corrected chi connectivity index (χ4v) is 11.7. The molecule has 0 bridgehead atoms. The van der Waals surface area contributed by atoms with Gasteiger partial charge in [-0.3, -0.25) is 41.5 Å². The topological polar surface area (TPSA) is 702 Å². The van der Waals surface area contributed by atoms with Crippen LogP contribution in [0, 0.1) is 0 Å². The molecule has 13 N–H and O–H groups in total. The van der Waals surface area contributed by atoms with Crippen molar-refractivity contribution in [2.75, 3.05) is 20.3 Å². The second-order valence-electron chi connectivity index (χ2n) is 18.0. The highest BCUT2D eigenvalue weighted by Crippen LogP contribution is 2.39. The summed E-state index contributed by atoms with van der Waals surface area (Å²) in [5, 5.41) is 47.8. The Bertz CT molecular complexity index is 3520. The van der Waals surface area contributed by atoms with Gasteiger partial charge in [-0.1, -0.05) is 0 Å². The molecule has 5 rings (SSSR count). The molecular formula is C35H50N2O45S7. The number of benzene rings is 1. The van der Waals surface area contributed by atoms with Gasteiger partial charge in [0.05, 0.1) is 20.3 Å². The summed E-state index contributed by atoms with van der Waals surface area (Å²) >= 11 is 0. The fraction of sp³-hybridized carbons (Fsp3) is 0.714. The Balaban J connectivity index is 1.72. The lowest BCUT2D eigenvalue weighted by Crippen LogP contribution is -2.71. The Kier molecular flexibility index (Phi) is 24.6. The molecule has 47 nitrogen and oxygen atoms in total. The highest BCUT2D eigenvalue weighted by Gasteiger charge is 2.61. The molecule has 4 fully saturated rings. The zero-order valence-corrected chi connectivity index (χ0v) is 49.6. The van der Waals surface area contributed by atoms with Crippen molar-refractivity contribution in [3.63, 3.8) is 0 Å². The first-order valence-electron chi connectivity index (χ1n) is 23.3. The van der Waals surface area contributed by atoms with Crippen molar-refractivity contribution in [1.29, 1.82) is 0 Å². The van der Waals surface area contributed by atoms with Crippen molar-refractivity contribution in [3.05, 3.63) is 24.3 Å². The Morgan fingerprint density at radius 3 is 1.09 bits per heavy atom. The summed E-state index contributed by atoms with van der Waals surface area (Å²) in [6, 6.07) is -0.277. The number of amides is 2. The van der Waals surface area contributed by atoms with Crippen LogP contribution in [0.4, 0.5) is 0 Å². The van der Waals surface area contributed by atoms with E-state index in [-0.39, 0.29) is 11.5 Å². The summed E-state index contributed by atoms with van der Waals surface area (Å²) in [5.41, 5.74) is 0. The Morgan fingerprint density at radius 2 is 0.742 bits per heavy atom. The number of carbonyl (C=O) groups is 4. The SMILES string of the molecule is COc1ccc(O[C@@H]2O[C@H](COS(=O)(=O)O)[C@H](OS(=O)(=O)O)[C@H](O[C@@H]3O[C@H](C(=O)O)[C@@H](O[C@@H]4O[C@H](COS(=O)(=O)O)[C@H](OS(=O)(=O)O)[C@H](O[C@@H]5O[C@H](C(=O)O)[C@@H](OS(=O)(=O)O)[C@H](O)[C@H]5OS(=O)(=O)O)[C@H]4NC(C)=O)[C@H](O)[C@H]3OS(=O)(=O)O)[C@H]2NC(C)=O)cc1. The summed E-state index contributed by atoms with van der Waals surface area (Å²) in [4.78, 5) is 51.6. The number of aliphatic carboxylic acids is 2. The number of methoxy groups -OCH3 is 1. The molecule has 4 aliphatic rings. The van der Waals surface area contributed by atoms with Gasteiger partial charge in [-0.2, -0.15) is 58.9 Å². The van der Waals surface area contributed by atoms with E-state index in [0.717, 1.165) is 19.1 Å². The number of aliphatic hydroxyl groups excluding tert-OH is 2. The van der Waals surface area contributed by atoms with Crippen LogP contribution in [0.2, 0.25) is 0 Å². The standard InChI is InChI=1S/C35H50N2O45S7/c1-10(38)36-16-22(20(78-85(52,53)54)14(8-68-83(46,47)48)71-32(16)70-13-6-4-12(67-3)5-7-13)73-34-26(81-88(61,62)63)18(40)24(28(76-34)30(42)43)75-33-17(37-11(2)39)23(21(79-86(55,56)57)15(72-33)9-69-84(49,50)51)74-35-27(82-89(64,65)66)19(41)25(80-87(58,59)60)29(77-35)31(44)45/h4-7,14-29,32-35,40-41H,8-9H2,1-3H3,(H,36,38)(H,37,39)(H,42,43)(H,44,45)(H,46,47,48)(H,49,50,51)(H,52,53,54)(H,55,56,57)(H,58,59,60)(H,61,62,63)(H,64,65,66)/t14-,15-,16-,17-,18+,19+,20+,21+,22-,23-,24+,25+,26-,27-,28+,29+,32-,33+,34-,35-/m1/s1. The summed E-state index contributed by atoms with van der Waals surface area (Å²) in [5.74, 6) is -7.67. The Labute approximate surface area is 500 Å². The number of hydrogen-bond acceptors (Lipinski definition) is 36. The summed E-state index contributed by atoms with van der Waals surface area (Å²) < 4.78 is 318. The summed E-state index contributed by atoms with van der Waals surface area (Å²) in [7, 11) is -40.6. The van der Waals surface area contributed by atoms with Crippen LogP contribution in [-0.4, -0.2) is 278 Å². The zero-order chi connectivity index (χ0) is 67.5. The fourth-order valence-electron chi connectivity index (χ4n) is 8.62. The van der Waals surface area contributed by atoms with E-state index in [9.17, 15) is 130 Å². The van der Waals surface area contributed by atoms with Crippen molar-refractivity contribution in [2.24, 2.45) is 0 Å². The minimum atomic E-state index is -6.19. The first-order valence-corrected chi connectivity index (χ1v) is 32.8. The molecule has 2 amide bonds. The van der Waals surface area contributed by atoms with Gasteiger partial charge in [0.15, 0.2) is 43.3 Å². The quantitative estimate of drug-likeness (QED) is 0.0331. The maximum absolute atomic E-state index is 13.3. The van der Waals surface area contributed by atoms with Crippen molar-refractivity contribution >= 4 is 96.5 Å². The van der Waals surface area contributed by atoms with Gasteiger partial charge in [-0.05, 0) is 24.3 Å². The van der Waals surface area contributed by atoms with Crippen LogP contribution in [0.5, 0.6) is 11.5 Å². The molecule has 0 spiro atoms. The number of aliphatic hydroxyl groups is 2. The molecule has 4 heterocycles. The second kappa shape index (κ2) is 29.2. The van der Waals surface area contributed by atoms with E-state index in [1.165, 1.54) is 19.2 Å². The van der Waals surface area contributed by atoms with Gasteiger partial charge in [-0.15, -0.1) is 0 Å². The van der Waals surface area contributed by atoms with Gasteiger partial charge in [0.2, 0.25) is 18.1 Å². The average molecular weight is 1440 g/mol. The van der Waals surface area contributed by atoms with Gasteiger partial charge in [-0.25, -0.2) is 38.9 Å². The Hall–Kier alpha value is -4.57. The summed E-state index contributed by atoms with van der Waals surface area (Å²) in [6.45, 7) is -2.25. The molecule has 1 aromatic rings. The maximum atomic E-state index is 13.3. The van der Waals surface area contributed by atoms with Crippen LogP contribution in [-0.2, 0) is 154 Å². The molecule has 0 radical (unpaired) electrons. The molecule has 89 heavy (non-hydrogen) atoms. The van der Waals surface area contributed by atoms with Crippen molar-refractivity contribution in [1.82, 2.24) is 10.6 Å². The van der Waals surface area contributed by atoms with Crippen LogP contribution in [0.3, 0.4) is 0 Å². The van der Waals surface area contributed by atoms with E-state index in [2.05, 4.69) is 34.6 Å². The molecule has 4 saturated heterocycles. The highest BCUT2D eigenvalue weighted by atomic mass is 32.3. The number of carbonyl (C=O) groups excluding carboxylic acids is 2. The smallest absolute Gasteiger partial charge is 0.397 e. The van der Waals surface area contributed by atoms with E-state index in [4.69, 9.17) is 42.6 Å². The first kappa shape index (κ1) is 75.2. The molecule has 0 saturated carbocycles. The molecular weight excluding hydrogens is 1390 g/mol. The van der Waals surface area contributed by atoms with Crippen LogP contribution in [0.15, 0.2) is 24.3 Å². The van der Waals surface area contributed by atoms with E-state index in [1.54, 1.807) is 0 Å². The van der Waals surface area contributed by atoms with Crippen molar-refractivity contribution in [2.45, 2.75) is 137 Å². The van der Waals surface area contributed by atoms with Crippen LogP contribution < -0.4 is 20.1 Å². The van der Waals surface area contributed by atoms with Gasteiger partial charge < -0.3 is 73.7 Å². The van der Waals surface area contributed by atoms with E-state index >= 15 is 0 Å². The van der Waals surface area contributed by atoms with Crippen molar-refractivity contribution < 1.29 is 202 Å². The number of carboxylic acid groups (broad SMARTS) is 2. The zero-order valence-electron chi connectivity index (χ0n) is 43.9. The lowest BCUT2D eigenvalue weighted by Gasteiger charge is -2.50. The maximum Gasteiger partial charge on any atom is 0.397 e. The molecule has 0 aromatic heterocycles. The first-order chi connectivity index (χ1) is 40.5. The van der Waals surface area contributed by atoms with Gasteiger partial charge in [0, 0.05) is 13.8 Å². The highest BCUT2D eigenvalue weighted by molar-refractivity contribution is 7.82. The molecule has 1 aromatic carbocycles. The number of hydrogen-bond donors (Lipinski definition) is 13. The van der Waals surface area contributed by atoms with Gasteiger partial charge in [0.1, 0.15) is 84.6 Å². The average Bonchev–Trinajstić information content (AvgIpc) is 0.782. The predicted octanol–water partition coefficient (Wildman–Crippen LogP) is -8.39. The minimum absolute atomic E-state index is 0.172. The number of ether oxygens (including phenoxy) is 9. The van der Waals surface area contributed by atoms with Crippen LogP contribution in [0.1, 0.15) is 13.8 Å². The Morgan fingerprint density at radius 1 is 0.427 bits per heavy atom. The van der Waals surface area contributed by atoms with Gasteiger partial charge in [0.25, 0.3) is 0 Å². The molecule has 20 atom stereocenters. The second-order valence-corrected chi connectivity index (χ2v) is 25.4. The van der Waals surface area contributed by atoms with Crippen LogP contribution >= 0.6 is 0 Å². The van der Waals surface area contributed by atoms with Crippen LogP contribution in [0.25, 0.3) is 0 Å². The molecule has 512 valence electrons. The molecule has 0 aliphatic carbocycles. The van der Waals surface area contributed by atoms with E-state index in [0.29, 0.717) is 6.92 Å². The monoisotopic (exact) mass is 1440 g/mol. The third-order valence-electron chi connectivity index (χ3n) is 11.7. The summed E-state index contributed by atoms with van der Waals surface area (Å²) in [6.07, 6.45) is -53.7. The molecule has 54 heteroatoms. The lowest BCUT2D eigenvalue weighted by molar-refractivity contribution is -0.363. The van der Waals surface area contributed by atoms with E-state index < -0.39 is 232 Å². The lowest BCUT2D eigenvalue weighted by atomic mass is 9.94. The van der Waals surface area contributed by atoms with Crippen molar-refractivity contribution in [3.8, 4) is 11.5 Å². The number of carboxylic acids is 2. The number of rotatable bonds is 29. The third kappa shape index (κ3) is 22.6. The molecule has 4 aliphatic heterocycles. The third-order valence-corrected chi connectivity index (χ3v) is 14.9. The minimum Gasteiger partial charge on any atom is -0.497 e. The van der Waals surface area contributed by atoms with E-state index in [1.807, 2.05) is 5.32 Å². The molecule has 0 unspecified atom stereocenters. The largest absolute Gasteiger partial charge is 0.497 e.